The number of hydrogen-bond acceptors (Lipinski definition) is 14. The number of nitrogens with zero attached hydrogens (tertiary/aromatic N) is 8. The van der Waals surface area contributed by atoms with Crippen molar-refractivity contribution < 1.29 is 46.3 Å². The van der Waals surface area contributed by atoms with Gasteiger partial charge in [0.1, 0.15) is 11.9 Å². The summed E-state index contributed by atoms with van der Waals surface area (Å²) in [5.74, 6) is -3.51. The highest BCUT2D eigenvalue weighted by Gasteiger charge is 2.46. The molecule has 2 aromatic carbocycles. The van der Waals surface area contributed by atoms with Gasteiger partial charge in [0.15, 0.2) is 0 Å². The third kappa shape index (κ3) is 10.7. The number of anilines is 4. The van der Waals surface area contributed by atoms with Crippen molar-refractivity contribution in [1.29, 1.82) is 0 Å². The normalized spacial score (nSPS) is 20.9. The number of H-pyrrole nitrogens is 1. The number of imide groups is 2. The lowest BCUT2D eigenvalue weighted by Gasteiger charge is -2.44. The highest BCUT2D eigenvalue weighted by Crippen LogP contribution is 2.38. The summed E-state index contributed by atoms with van der Waals surface area (Å²) in [5.41, 5.74) is -0.240. The Morgan fingerprint density at radius 2 is 1.59 bits per heavy atom. The van der Waals surface area contributed by atoms with E-state index in [0.29, 0.717) is 107 Å². The Kier molecular flexibility index (Phi) is 14.7. The van der Waals surface area contributed by atoms with E-state index >= 15 is 4.39 Å². The average molecular weight is 1030 g/mol. The zero-order chi connectivity index (χ0) is 52.6. The minimum atomic E-state index is -4.98. The number of hydrogen-bond donors (Lipinski definition) is 4. The second kappa shape index (κ2) is 21.1. The van der Waals surface area contributed by atoms with Gasteiger partial charge in [-0.3, -0.25) is 53.6 Å². The van der Waals surface area contributed by atoms with Gasteiger partial charge in [0.25, 0.3) is 17.7 Å². The Hall–Kier alpha value is -7.53. The fourth-order valence-corrected chi connectivity index (χ4v) is 10.2. The van der Waals surface area contributed by atoms with Gasteiger partial charge < -0.3 is 30.3 Å². The first-order valence-corrected chi connectivity index (χ1v) is 24.6. The van der Waals surface area contributed by atoms with Crippen LogP contribution >= 0.6 is 0 Å². The monoisotopic (exact) mass is 1020 g/mol. The van der Waals surface area contributed by atoms with Crippen LogP contribution in [0.1, 0.15) is 93.7 Å². The molecular weight excluding hydrogens is 969 g/mol. The number of piperazine rings is 2. The Labute approximate surface area is 422 Å². The van der Waals surface area contributed by atoms with Crippen LogP contribution in [0.5, 0.6) is 0 Å². The van der Waals surface area contributed by atoms with E-state index in [1.807, 2.05) is 41.7 Å². The summed E-state index contributed by atoms with van der Waals surface area (Å²) in [4.78, 5) is 112. The van der Waals surface area contributed by atoms with E-state index in [9.17, 15) is 46.7 Å². The quantitative estimate of drug-likeness (QED) is 0.0834. The number of halogens is 4. The summed E-state index contributed by atoms with van der Waals surface area (Å²) in [6.07, 6.45) is 2.29. The lowest BCUT2D eigenvalue weighted by molar-refractivity contribution is -0.138. The van der Waals surface area contributed by atoms with Crippen LogP contribution < -0.4 is 31.3 Å². The summed E-state index contributed by atoms with van der Waals surface area (Å²) in [7, 11) is 1.98. The zero-order valence-electron chi connectivity index (χ0n) is 41.1. The maximum absolute atomic E-state index is 16.2. The molecule has 19 nitrogen and oxygen atoms in total. The lowest BCUT2D eigenvalue weighted by atomic mass is 9.97. The second-order valence-electron chi connectivity index (χ2n) is 19.4. The molecule has 3 atom stereocenters. The molecule has 5 aliphatic heterocycles. The molecule has 9 rings (SSSR count). The van der Waals surface area contributed by atoms with Crippen LogP contribution in [0, 0.1) is 5.82 Å². The molecule has 390 valence electrons. The van der Waals surface area contributed by atoms with E-state index < -0.39 is 64.3 Å². The number of rotatable bonds is 13. The van der Waals surface area contributed by atoms with Gasteiger partial charge in [-0.2, -0.15) is 13.2 Å². The lowest BCUT2D eigenvalue weighted by Crippen LogP contribution is -2.55. The van der Waals surface area contributed by atoms with E-state index in [1.54, 1.807) is 24.5 Å². The molecule has 1 unspecified atom stereocenters. The third-order valence-corrected chi connectivity index (χ3v) is 14.5. The van der Waals surface area contributed by atoms with Crippen LogP contribution in [-0.2, 0) is 27.1 Å². The molecule has 0 radical (unpaired) electrons. The van der Waals surface area contributed by atoms with Gasteiger partial charge >= 0.3 is 6.18 Å². The maximum atomic E-state index is 16.2. The Balaban J connectivity index is 0.771. The SMILES string of the molecule is C[C@@H]1CN(c2cc(F)c(C3=CCN(c4ncc(CN5CCN(C(=O)CCCNc6cccc7c6C(=O)N(C6CCC(=O)NC6=O)C7=O)CC5)cn4)CC3)cc2NC(=O)c2c[nH]c(=O)cc2C(F)(F)F)C[C@H](C)N1C. The molecule has 7 heterocycles. The maximum Gasteiger partial charge on any atom is 0.417 e. The highest BCUT2D eigenvalue weighted by atomic mass is 19.4. The number of carbonyl (C=O) groups is 6. The number of amides is 6. The first-order valence-electron chi connectivity index (χ1n) is 24.6. The molecule has 3 fully saturated rings. The van der Waals surface area contributed by atoms with Crippen LogP contribution in [0.2, 0.25) is 0 Å². The molecule has 0 aliphatic carbocycles. The first kappa shape index (κ1) is 51.4. The van der Waals surface area contributed by atoms with Gasteiger partial charge in [0.05, 0.1) is 33.6 Å². The molecule has 2 aromatic heterocycles. The van der Waals surface area contributed by atoms with Crippen LogP contribution in [0.4, 0.5) is 40.6 Å². The molecule has 5 aliphatic rings. The molecule has 0 bridgehead atoms. The molecular formula is C51H56F4N12O7. The number of piperidine rings is 1. The van der Waals surface area contributed by atoms with E-state index in [2.05, 4.69) is 40.7 Å². The number of carbonyl (C=O) groups excluding carboxylic acids is 6. The van der Waals surface area contributed by atoms with Gasteiger partial charge in [-0.05, 0) is 70.0 Å². The van der Waals surface area contributed by atoms with Gasteiger partial charge in [0.2, 0.25) is 29.2 Å². The number of fused-ring (bicyclic) bond motifs is 1. The molecule has 3 saturated heterocycles. The minimum Gasteiger partial charge on any atom is -0.384 e. The molecule has 4 N–H and O–H groups in total. The van der Waals surface area contributed by atoms with Gasteiger partial charge in [-0.15, -0.1) is 0 Å². The first-order chi connectivity index (χ1) is 35.3. The van der Waals surface area contributed by atoms with Crippen molar-refractivity contribution in [3.63, 3.8) is 0 Å². The fraction of sp³-hybridized carbons (Fsp3) is 0.431. The number of alkyl halides is 3. The number of benzene rings is 2. The van der Waals surface area contributed by atoms with Crippen LogP contribution in [0.3, 0.4) is 0 Å². The smallest absolute Gasteiger partial charge is 0.384 e. The number of nitrogens with one attached hydrogen (secondary N) is 4. The highest BCUT2D eigenvalue weighted by molar-refractivity contribution is 6.25. The summed E-state index contributed by atoms with van der Waals surface area (Å²) >= 11 is 0. The zero-order valence-corrected chi connectivity index (χ0v) is 41.1. The van der Waals surface area contributed by atoms with Gasteiger partial charge in [-0.1, -0.05) is 12.1 Å². The van der Waals surface area contributed by atoms with Gasteiger partial charge in [-0.25, -0.2) is 14.4 Å². The van der Waals surface area contributed by atoms with E-state index in [-0.39, 0.29) is 59.6 Å². The number of pyridine rings is 1. The van der Waals surface area contributed by atoms with E-state index in [1.165, 1.54) is 18.2 Å². The predicted octanol–water partition coefficient (Wildman–Crippen LogP) is 4.34. The van der Waals surface area contributed by atoms with E-state index in [0.717, 1.165) is 16.7 Å². The van der Waals surface area contributed by atoms with Crippen LogP contribution in [-0.4, -0.2) is 154 Å². The van der Waals surface area contributed by atoms with Crippen LogP contribution in [0.15, 0.2) is 65.9 Å². The summed E-state index contributed by atoms with van der Waals surface area (Å²) in [5, 5.41) is 8.00. The Morgan fingerprint density at radius 1 is 0.865 bits per heavy atom. The largest absolute Gasteiger partial charge is 0.417 e. The summed E-state index contributed by atoms with van der Waals surface area (Å²) in [6, 6.07) is 6.99. The second-order valence-corrected chi connectivity index (χ2v) is 19.4. The number of aromatic nitrogens is 3. The van der Waals surface area contributed by atoms with Crippen LogP contribution in [0.25, 0.3) is 5.57 Å². The van der Waals surface area contributed by atoms with Crippen molar-refractivity contribution in [3.05, 3.63) is 111 Å². The number of likely N-dealkylation sites (N-methyl/N-ethyl adjacent to an activating group) is 1. The van der Waals surface area contributed by atoms with Crippen molar-refractivity contribution in [2.24, 2.45) is 0 Å². The van der Waals surface area contributed by atoms with Crippen molar-refractivity contribution in [2.75, 3.05) is 86.4 Å². The summed E-state index contributed by atoms with van der Waals surface area (Å²) < 4.78 is 58.2. The average Bonchev–Trinajstić information content (AvgIpc) is 3.63. The minimum absolute atomic E-state index is 0.000946. The molecule has 0 saturated carbocycles. The molecule has 0 spiro atoms. The van der Waals surface area contributed by atoms with Crippen molar-refractivity contribution in [1.82, 2.24) is 39.9 Å². The standard InChI is InChI=1S/C51H56F4N12O7/c1-29-26-66(27-30(2)62(29)3)41-22-37(52)34(20-39(41)60-46(71)35-25-57-43(69)21-36(35)51(53,54)55)32-11-14-65(15-12-32)50-58-23-31(24-59-50)28-63-16-18-64(19-17-63)44(70)8-5-13-56-38-7-4-6-33-45(38)49(74)67(48(33)73)40-9-10-42(68)61-47(40)72/h4,6-7,11,20-25,29-30,40,56H,5,8-10,12-19,26-28H2,1-3H3,(H,57,69)(H,60,71)(H,61,68,72)/t29-,30+,40?. The predicted molar refractivity (Wildman–Crippen MR) is 265 cm³/mol. The fourth-order valence-electron chi connectivity index (χ4n) is 10.2. The topological polar surface area (TPSA) is 217 Å². The Bertz CT molecular complexity index is 2960. The molecule has 74 heavy (non-hydrogen) atoms. The molecule has 4 aromatic rings. The molecule has 23 heteroatoms. The Morgan fingerprint density at radius 3 is 2.27 bits per heavy atom. The molecule has 6 amide bonds. The third-order valence-electron chi connectivity index (χ3n) is 14.5. The van der Waals surface area contributed by atoms with Crippen molar-refractivity contribution >= 4 is 64.0 Å². The number of aromatic amines is 1. The van der Waals surface area contributed by atoms with Gasteiger partial charge in [0, 0.05) is 132 Å². The van der Waals surface area contributed by atoms with Crippen molar-refractivity contribution in [2.45, 2.75) is 76.8 Å². The van der Waals surface area contributed by atoms with E-state index in [4.69, 9.17) is 0 Å². The van der Waals surface area contributed by atoms with Crippen molar-refractivity contribution in [3.8, 4) is 0 Å². The summed E-state index contributed by atoms with van der Waals surface area (Å²) in [6.45, 7) is 9.01.